The summed E-state index contributed by atoms with van der Waals surface area (Å²) >= 11 is 0. The van der Waals surface area contributed by atoms with Crippen molar-refractivity contribution in [1.29, 1.82) is 0 Å². The number of anilines is 1. The second-order valence-corrected chi connectivity index (χ2v) is 6.34. The number of aromatic nitrogens is 2. The molecule has 3 aromatic rings. The molecule has 1 amide bonds. The van der Waals surface area contributed by atoms with E-state index in [4.69, 9.17) is 0 Å². The number of fused-ring (bicyclic) bond motifs is 1. The van der Waals surface area contributed by atoms with Crippen molar-refractivity contribution in [3.63, 3.8) is 0 Å². The molecule has 1 aromatic heterocycles. The summed E-state index contributed by atoms with van der Waals surface area (Å²) in [4.78, 5) is 22.7. The normalized spacial score (nSPS) is 14.2. The topological polar surface area (TPSA) is 58.1 Å². The van der Waals surface area contributed by atoms with E-state index in [1.165, 1.54) is 11.1 Å². The van der Waals surface area contributed by atoms with Crippen LogP contribution < -0.4 is 5.32 Å². The predicted octanol–water partition coefficient (Wildman–Crippen LogP) is 3.36. The van der Waals surface area contributed by atoms with Crippen LogP contribution in [0, 0.1) is 0 Å². The van der Waals surface area contributed by atoms with E-state index >= 15 is 0 Å². The molecule has 0 atom stereocenters. The molecule has 0 aliphatic carbocycles. The first-order valence-electron chi connectivity index (χ1n) is 8.59. The van der Waals surface area contributed by atoms with E-state index < -0.39 is 0 Å². The lowest BCUT2D eigenvalue weighted by Crippen LogP contribution is -2.23. The molecule has 5 nitrogen and oxygen atoms in total. The van der Waals surface area contributed by atoms with Crippen LogP contribution in [0.4, 0.5) is 5.82 Å². The number of nitrogens with zero attached hydrogens (tertiary/aromatic N) is 3. The lowest BCUT2D eigenvalue weighted by molar-refractivity contribution is -0.128. The van der Waals surface area contributed by atoms with Gasteiger partial charge in [0.1, 0.15) is 5.82 Å². The second kappa shape index (κ2) is 6.89. The number of para-hydroxylation sites is 2. The summed E-state index contributed by atoms with van der Waals surface area (Å²) in [6.07, 6.45) is 3.41. The van der Waals surface area contributed by atoms with Crippen molar-refractivity contribution in [2.24, 2.45) is 0 Å². The van der Waals surface area contributed by atoms with Crippen LogP contribution in [0.15, 0.2) is 54.7 Å². The maximum absolute atomic E-state index is 11.8. The van der Waals surface area contributed by atoms with Crippen LogP contribution in [0.5, 0.6) is 0 Å². The summed E-state index contributed by atoms with van der Waals surface area (Å²) in [6, 6.07) is 16.2. The zero-order valence-corrected chi connectivity index (χ0v) is 14.0. The molecule has 0 bridgehead atoms. The van der Waals surface area contributed by atoms with Crippen molar-refractivity contribution in [2.75, 3.05) is 11.9 Å². The van der Waals surface area contributed by atoms with Crippen molar-refractivity contribution >= 4 is 22.8 Å². The third-order valence-corrected chi connectivity index (χ3v) is 4.46. The van der Waals surface area contributed by atoms with Crippen molar-refractivity contribution in [3.05, 3.63) is 65.9 Å². The Hall–Kier alpha value is -2.95. The van der Waals surface area contributed by atoms with Crippen molar-refractivity contribution < 1.29 is 4.79 Å². The highest BCUT2D eigenvalue weighted by atomic mass is 16.2. The number of benzene rings is 2. The summed E-state index contributed by atoms with van der Waals surface area (Å²) in [5.41, 5.74) is 4.11. The number of rotatable bonds is 5. The number of nitrogens with one attached hydrogen (secondary N) is 1. The minimum Gasteiger partial charge on any atom is -0.365 e. The van der Waals surface area contributed by atoms with Crippen molar-refractivity contribution in [3.8, 4) is 0 Å². The quantitative estimate of drug-likeness (QED) is 0.778. The highest BCUT2D eigenvalue weighted by Crippen LogP contribution is 2.16. The Morgan fingerprint density at radius 1 is 1.04 bits per heavy atom. The minimum absolute atomic E-state index is 0.259. The van der Waals surface area contributed by atoms with Gasteiger partial charge in [0, 0.05) is 26.1 Å². The lowest BCUT2D eigenvalue weighted by Gasteiger charge is -2.16. The van der Waals surface area contributed by atoms with Crippen molar-refractivity contribution in [2.45, 2.75) is 25.9 Å². The molecule has 0 spiro atoms. The fourth-order valence-electron chi connectivity index (χ4n) is 3.16. The number of amides is 1. The molecule has 1 N–H and O–H groups in total. The Bertz CT molecular complexity index is 909. The second-order valence-electron chi connectivity index (χ2n) is 6.34. The molecule has 2 heterocycles. The van der Waals surface area contributed by atoms with Crippen LogP contribution in [0.2, 0.25) is 0 Å². The number of likely N-dealkylation sites (tertiary alicyclic amines) is 1. The van der Waals surface area contributed by atoms with E-state index in [0.29, 0.717) is 19.5 Å². The Morgan fingerprint density at radius 2 is 1.88 bits per heavy atom. The van der Waals surface area contributed by atoms with Gasteiger partial charge in [0.15, 0.2) is 0 Å². The summed E-state index contributed by atoms with van der Waals surface area (Å²) in [5.74, 6) is 1.02. The largest absolute Gasteiger partial charge is 0.365 e. The molecular weight excluding hydrogens is 312 g/mol. The first-order chi connectivity index (χ1) is 12.3. The van der Waals surface area contributed by atoms with E-state index in [2.05, 4.69) is 33.5 Å². The molecule has 25 heavy (non-hydrogen) atoms. The van der Waals surface area contributed by atoms with Crippen LogP contribution in [0.3, 0.4) is 0 Å². The van der Waals surface area contributed by atoms with E-state index in [1.807, 2.05) is 35.2 Å². The average molecular weight is 332 g/mol. The Kier molecular flexibility index (Phi) is 4.29. The molecule has 0 radical (unpaired) electrons. The highest BCUT2D eigenvalue weighted by molar-refractivity contribution is 5.78. The number of hydrogen-bond acceptors (Lipinski definition) is 4. The lowest BCUT2D eigenvalue weighted by atomic mass is 10.1. The maximum Gasteiger partial charge on any atom is 0.222 e. The van der Waals surface area contributed by atoms with Gasteiger partial charge in [-0.2, -0.15) is 0 Å². The monoisotopic (exact) mass is 332 g/mol. The molecule has 2 aromatic carbocycles. The Labute approximate surface area is 146 Å². The van der Waals surface area contributed by atoms with E-state index in [-0.39, 0.29) is 5.91 Å². The van der Waals surface area contributed by atoms with Gasteiger partial charge in [-0.1, -0.05) is 36.4 Å². The van der Waals surface area contributed by atoms with Gasteiger partial charge in [0.25, 0.3) is 0 Å². The first kappa shape index (κ1) is 15.6. The van der Waals surface area contributed by atoms with Gasteiger partial charge in [0.05, 0.1) is 17.2 Å². The SMILES string of the molecule is O=C1CCCN1Cc1cccc(CNc2cnc3ccccc3n2)c1. The summed E-state index contributed by atoms with van der Waals surface area (Å²) in [5, 5.41) is 3.33. The van der Waals surface area contributed by atoms with Crippen LogP contribution in [0.1, 0.15) is 24.0 Å². The molecule has 1 aliphatic heterocycles. The zero-order chi connectivity index (χ0) is 17.1. The van der Waals surface area contributed by atoms with Crippen LogP contribution in [-0.4, -0.2) is 27.3 Å². The van der Waals surface area contributed by atoms with Gasteiger partial charge in [-0.05, 0) is 29.7 Å². The van der Waals surface area contributed by atoms with Crippen molar-refractivity contribution in [1.82, 2.24) is 14.9 Å². The van der Waals surface area contributed by atoms with Gasteiger partial charge in [-0.3, -0.25) is 9.78 Å². The Morgan fingerprint density at radius 3 is 2.72 bits per heavy atom. The third-order valence-electron chi connectivity index (χ3n) is 4.46. The van der Waals surface area contributed by atoms with Crippen LogP contribution in [-0.2, 0) is 17.9 Å². The van der Waals surface area contributed by atoms with Gasteiger partial charge < -0.3 is 10.2 Å². The fraction of sp³-hybridized carbons (Fsp3) is 0.250. The molecule has 5 heteroatoms. The van der Waals surface area contributed by atoms with Crippen LogP contribution in [0.25, 0.3) is 11.0 Å². The first-order valence-corrected chi connectivity index (χ1v) is 8.59. The van der Waals surface area contributed by atoms with Gasteiger partial charge in [-0.15, -0.1) is 0 Å². The van der Waals surface area contributed by atoms with E-state index in [9.17, 15) is 4.79 Å². The van der Waals surface area contributed by atoms with E-state index in [1.54, 1.807) is 6.20 Å². The molecule has 1 fully saturated rings. The Balaban J connectivity index is 1.43. The number of carbonyl (C=O) groups is 1. The standard InChI is InChI=1S/C20H20N4O/c25-20-9-4-10-24(20)14-16-6-3-5-15(11-16)12-22-19-13-21-17-7-1-2-8-18(17)23-19/h1-3,5-8,11,13H,4,9-10,12,14H2,(H,22,23). The molecular formula is C20H20N4O. The predicted molar refractivity (Wildman–Crippen MR) is 98.0 cm³/mol. The number of hydrogen-bond donors (Lipinski definition) is 1. The molecule has 0 unspecified atom stereocenters. The smallest absolute Gasteiger partial charge is 0.222 e. The summed E-state index contributed by atoms with van der Waals surface area (Å²) in [6.45, 7) is 2.24. The molecule has 126 valence electrons. The number of carbonyl (C=O) groups excluding carboxylic acids is 1. The van der Waals surface area contributed by atoms with Gasteiger partial charge >= 0.3 is 0 Å². The molecule has 1 saturated heterocycles. The van der Waals surface area contributed by atoms with E-state index in [0.717, 1.165) is 29.8 Å². The molecule has 0 saturated carbocycles. The summed E-state index contributed by atoms with van der Waals surface area (Å²) < 4.78 is 0. The summed E-state index contributed by atoms with van der Waals surface area (Å²) in [7, 11) is 0. The zero-order valence-electron chi connectivity index (χ0n) is 14.0. The molecule has 4 rings (SSSR count). The third kappa shape index (κ3) is 3.60. The van der Waals surface area contributed by atoms with Gasteiger partial charge in [0.2, 0.25) is 5.91 Å². The van der Waals surface area contributed by atoms with Crippen LogP contribution >= 0.6 is 0 Å². The highest BCUT2D eigenvalue weighted by Gasteiger charge is 2.19. The fourth-order valence-corrected chi connectivity index (χ4v) is 3.16. The average Bonchev–Trinajstić information content (AvgIpc) is 3.05. The van der Waals surface area contributed by atoms with Gasteiger partial charge in [-0.25, -0.2) is 4.98 Å². The maximum atomic E-state index is 11.8. The minimum atomic E-state index is 0.259. The molecule has 1 aliphatic rings.